The van der Waals surface area contributed by atoms with Gasteiger partial charge in [0.2, 0.25) is 5.91 Å². The van der Waals surface area contributed by atoms with E-state index in [1.165, 1.54) is 0 Å². The zero-order valence-corrected chi connectivity index (χ0v) is 10.1. The topological polar surface area (TPSA) is 75.4 Å². The predicted octanol–water partition coefficient (Wildman–Crippen LogP) is 0.922. The summed E-state index contributed by atoms with van der Waals surface area (Å²) in [5.41, 5.74) is 7.58. The number of carbonyl (C=O) groups is 1. The van der Waals surface area contributed by atoms with Gasteiger partial charge in [0.25, 0.3) is 0 Å². The van der Waals surface area contributed by atoms with Gasteiger partial charge in [-0.1, -0.05) is 31.2 Å². The molecule has 1 aromatic carbocycles. The summed E-state index contributed by atoms with van der Waals surface area (Å²) in [5.74, 6) is -0.0226. The molecule has 0 aromatic heterocycles. The summed E-state index contributed by atoms with van der Waals surface area (Å²) < 4.78 is 0. The highest BCUT2D eigenvalue weighted by atomic mass is 16.3. The summed E-state index contributed by atoms with van der Waals surface area (Å²) >= 11 is 0. The van der Waals surface area contributed by atoms with E-state index < -0.39 is 0 Å². The molecule has 94 valence electrons. The average Bonchev–Trinajstić information content (AvgIpc) is 2.36. The van der Waals surface area contributed by atoms with Crippen LogP contribution in [0.3, 0.4) is 0 Å². The molecule has 0 saturated heterocycles. The van der Waals surface area contributed by atoms with Crippen molar-refractivity contribution in [2.75, 3.05) is 0 Å². The molecule has 0 radical (unpaired) electrons. The van der Waals surface area contributed by atoms with Crippen LogP contribution in [0.2, 0.25) is 0 Å². The lowest BCUT2D eigenvalue weighted by atomic mass is 10.1. The van der Waals surface area contributed by atoms with E-state index in [0.29, 0.717) is 13.0 Å². The van der Waals surface area contributed by atoms with Crippen LogP contribution in [0.25, 0.3) is 0 Å². The fourth-order valence-electron chi connectivity index (χ4n) is 1.42. The highest BCUT2D eigenvalue weighted by molar-refractivity contribution is 5.76. The molecule has 0 spiro atoms. The highest BCUT2D eigenvalue weighted by Gasteiger charge is 2.06. The van der Waals surface area contributed by atoms with E-state index in [2.05, 4.69) is 5.32 Å². The van der Waals surface area contributed by atoms with Gasteiger partial charge in [-0.15, -0.1) is 0 Å². The van der Waals surface area contributed by atoms with Gasteiger partial charge in [-0.05, 0) is 17.5 Å². The van der Waals surface area contributed by atoms with Crippen molar-refractivity contribution in [2.45, 2.75) is 39.0 Å². The molecule has 4 heteroatoms. The first-order valence-electron chi connectivity index (χ1n) is 5.86. The number of amides is 1. The van der Waals surface area contributed by atoms with Gasteiger partial charge in [0.15, 0.2) is 0 Å². The molecule has 4 nitrogen and oxygen atoms in total. The van der Waals surface area contributed by atoms with Crippen molar-refractivity contribution >= 4 is 5.91 Å². The van der Waals surface area contributed by atoms with Crippen molar-refractivity contribution in [1.82, 2.24) is 5.32 Å². The van der Waals surface area contributed by atoms with Crippen molar-refractivity contribution in [1.29, 1.82) is 0 Å². The maximum Gasteiger partial charge on any atom is 0.221 e. The highest BCUT2D eigenvalue weighted by Crippen LogP contribution is 2.04. The van der Waals surface area contributed by atoms with E-state index in [4.69, 9.17) is 10.8 Å². The minimum Gasteiger partial charge on any atom is -0.392 e. The zero-order valence-electron chi connectivity index (χ0n) is 10.1. The first-order chi connectivity index (χ1) is 8.15. The van der Waals surface area contributed by atoms with Gasteiger partial charge in [0.1, 0.15) is 0 Å². The van der Waals surface area contributed by atoms with Crippen molar-refractivity contribution in [3.05, 3.63) is 35.4 Å². The Kier molecular flexibility index (Phi) is 5.66. The fourth-order valence-corrected chi connectivity index (χ4v) is 1.42. The number of aliphatic hydroxyl groups excluding tert-OH is 1. The number of carbonyl (C=O) groups excluding carboxylic acids is 1. The molecule has 0 heterocycles. The Morgan fingerprint density at radius 3 is 2.47 bits per heavy atom. The van der Waals surface area contributed by atoms with Crippen LogP contribution in [0.4, 0.5) is 0 Å². The third-order valence-corrected chi connectivity index (χ3v) is 2.67. The van der Waals surface area contributed by atoms with Gasteiger partial charge < -0.3 is 16.2 Å². The van der Waals surface area contributed by atoms with Crippen molar-refractivity contribution in [3.63, 3.8) is 0 Å². The number of aliphatic hydroxyl groups is 1. The summed E-state index contributed by atoms with van der Waals surface area (Å²) in [6.07, 6.45) is 1.17. The molecule has 0 aliphatic carbocycles. The van der Waals surface area contributed by atoms with Gasteiger partial charge in [0.05, 0.1) is 6.61 Å². The van der Waals surface area contributed by atoms with Gasteiger partial charge in [-0.25, -0.2) is 0 Å². The summed E-state index contributed by atoms with van der Waals surface area (Å²) in [6, 6.07) is 7.42. The van der Waals surface area contributed by atoms with Gasteiger partial charge in [-0.3, -0.25) is 4.79 Å². The Morgan fingerprint density at radius 1 is 1.35 bits per heavy atom. The molecular formula is C13H20N2O2. The van der Waals surface area contributed by atoms with E-state index in [1.807, 2.05) is 31.2 Å². The quantitative estimate of drug-likeness (QED) is 0.687. The first-order valence-corrected chi connectivity index (χ1v) is 5.86. The van der Waals surface area contributed by atoms with Crippen molar-refractivity contribution in [3.8, 4) is 0 Å². The minimum atomic E-state index is -0.0632. The van der Waals surface area contributed by atoms with E-state index in [0.717, 1.165) is 17.5 Å². The Balaban J connectivity index is 2.36. The molecule has 0 bridgehead atoms. The fraction of sp³-hybridized carbons (Fsp3) is 0.462. The molecule has 0 aliphatic heterocycles. The van der Waals surface area contributed by atoms with Crippen molar-refractivity contribution < 1.29 is 9.90 Å². The van der Waals surface area contributed by atoms with Crippen LogP contribution in [0.15, 0.2) is 24.3 Å². The largest absolute Gasteiger partial charge is 0.392 e. The van der Waals surface area contributed by atoms with E-state index in [1.54, 1.807) is 0 Å². The van der Waals surface area contributed by atoms with Crippen LogP contribution >= 0.6 is 0 Å². The SMILES string of the molecule is CCC(N)CC(=O)NCc1ccc(CO)cc1. The Labute approximate surface area is 102 Å². The zero-order chi connectivity index (χ0) is 12.7. The molecule has 1 atom stereocenters. The van der Waals surface area contributed by atoms with Crippen LogP contribution in [-0.2, 0) is 17.9 Å². The monoisotopic (exact) mass is 236 g/mol. The number of nitrogens with one attached hydrogen (secondary N) is 1. The lowest BCUT2D eigenvalue weighted by Crippen LogP contribution is -2.30. The second-order valence-electron chi connectivity index (χ2n) is 4.12. The molecule has 1 unspecified atom stereocenters. The predicted molar refractivity (Wildman–Crippen MR) is 67.1 cm³/mol. The average molecular weight is 236 g/mol. The minimum absolute atomic E-state index is 0.0226. The van der Waals surface area contributed by atoms with Crippen LogP contribution in [0.1, 0.15) is 30.9 Å². The lowest BCUT2D eigenvalue weighted by Gasteiger charge is -2.09. The van der Waals surface area contributed by atoms with E-state index >= 15 is 0 Å². The molecule has 0 fully saturated rings. The van der Waals surface area contributed by atoms with Crippen LogP contribution in [-0.4, -0.2) is 17.1 Å². The maximum atomic E-state index is 11.5. The van der Waals surface area contributed by atoms with Crippen LogP contribution < -0.4 is 11.1 Å². The lowest BCUT2D eigenvalue weighted by molar-refractivity contribution is -0.121. The Bertz CT molecular complexity index is 349. The second kappa shape index (κ2) is 7.04. The summed E-state index contributed by atoms with van der Waals surface area (Å²) in [7, 11) is 0. The van der Waals surface area contributed by atoms with Crippen LogP contribution in [0.5, 0.6) is 0 Å². The van der Waals surface area contributed by atoms with Crippen molar-refractivity contribution in [2.24, 2.45) is 5.73 Å². The Hall–Kier alpha value is -1.39. The molecule has 1 rings (SSSR count). The molecule has 1 aromatic rings. The number of rotatable bonds is 6. The van der Waals surface area contributed by atoms with Gasteiger partial charge in [-0.2, -0.15) is 0 Å². The normalized spacial score (nSPS) is 12.2. The molecule has 17 heavy (non-hydrogen) atoms. The molecule has 1 amide bonds. The third kappa shape index (κ3) is 4.97. The standard InChI is InChI=1S/C13H20N2O2/c1-2-12(14)7-13(17)15-8-10-3-5-11(9-16)6-4-10/h3-6,12,16H,2,7-9,14H2,1H3,(H,15,17). The molecule has 4 N–H and O–H groups in total. The molecule has 0 saturated carbocycles. The Morgan fingerprint density at radius 2 is 1.94 bits per heavy atom. The van der Waals surface area contributed by atoms with Gasteiger partial charge in [0, 0.05) is 19.0 Å². The summed E-state index contributed by atoms with van der Waals surface area (Å²) in [6.45, 7) is 2.50. The first kappa shape index (κ1) is 13.7. The number of hydrogen-bond donors (Lipinski definition) is 3. The molecular weight excluding hydrogens is 216 g/mol. The molecule has 0 aliphatic rings. The second-order valence-corrected chi connectivity index (χ2v) is 4.12. The van der Waals surface area contributed by atoms with E-state index in [-0.39, 0.29) is 18.6 Å². The van der Waals surface area contributed by atoms with E-state index in [9.17, 15) is 4.79 Å². The number of nitrogens with two attached hydrogens (primary N) is 1. The summed E-state index contributed by atoms with van der Waals surface area (Å²) in [5, 5.41) is 11.7. The van der Waals surface area contributed by atoms with Gasteiger partial charge >= 0.3 is 0 Å². The maximum absolute atomic E-state index is 11.5. The summed E-state index contributed by atoms with van der Waals surface area (Å²) in [4.78, 5) is 11.5. The van der Waals surface area contributed by atoms with Crippen LogP contribution in [0, 0.1) is 0 Å². The number of hydrogen-bond acceptors (Lipinski definition) is 3. The number of benzene rings is 1. The third-order valence-electron chi connectivity index (χ3n) is 2.67. The smallest absolute Gasteiger partial charge is 0.221 e.